The first-order valence-electron chi connectivity index (χ1n) is 7.24. The summed E-state index contributed by atoms with van der Waals surface area (Å²) in [5.41, 5.74) is 3.65. The van der Waals surface area contributed by atoms with Crippen molar-refractivity contribution in [2.75, 3.05) is 18.1 Å². The lowest BCUT2D eigenvalue weighted by Crippen LogP contribution is -2.13. The molecule has 1 N–H and O–H groups in total. The van der Waals surface area contributed by atoms with Crippen molar-refractivity contribution in [3.05, 3.63) is 34.5 Å². The number of hydrogen-bond acceptors (Lipinski definition) is 4. The minimum absolute atomic E-state index is 1.01. The predicted octanol–water partition coefficient (Wildman–Crippen LogP) is 4.06. The minimum atomic E-state index is 1.01. The molecule has 2 heterocycles. The number of fused-ring (bicyclic) bond motifs is 1. The van der Waals surface area contributed by atoms with Crippen LogP contribution in [0.15, 0.2) is 28.2 Å². The second kappa shape index (κ2) is 8.10. The maximum absolute atomic E-state index is 4.72. The molecule has 1 aromatic heterocycles. The molecule has 20 heavy (non-hydrogen) atoms. The zero-order valence-electron chi connectivity index (χ0n) is 12.2. The number of allylic oxidation sites excluding steroid dienone is 1. The molecule has 2 rings (SSSR count). The smallest absolute Gasteiger partial charge is 0.129 e. The molecule has 4 heteroatoms. The number of pyridine rings is 1. The van der Waals surface area contributed by atoms with E-state index in [1.165, 1.54) is 17.7 Å². The Morgan fingerprint density at radius 3 is 3.20 bits per heavy atom. The van der Waals surface area contributed by atoms with Gasteiger partial charge in [0.1, 0.15) is 5.82 Å². The fourth-order valence-electron chi connectivity index (χ4n) is 2.43. The highest BCUT2D eigenvalue weighted by Gasteiger charge is 2.09. The fraction of sp³-hybridized carbons (Fsp3) is 0.500. The lowest BCUT2D eigenvalue weighted by Gasteiger charge is -2.17. The molecule has 108 valence electrons. The number of thioether (sulfide) groups is 1. The van der Waals surface area contributed by atoms with Gasteiger partial charge < -0.3 is 5.32 Å². The summed E-state index contributed by atoms with van der Waals surface area (Å²) in [7, 11) is 0. The van der Waals surface area contributed by atoms with E-state index in [4.69, 9.17) is 4.98 Å². The molecule has 0 spiro atoms. The molecule has 0 radical (unpaired) electrons. The number of anilines is 1. The van der Waals surface area contributed by atoms with Crippen molar-refractivity contribution in [2.24, 2.45) is 4.99 Å². The van der Waals surface area contributed by atoms with E-state index in [0.717, 1.165) is 50.2 Å². The minimum Gasteiger partial charge on any atom is -0.370 e. The Kier molecular flexibility index (Phi) is 6.12. The second-order valence-electron chi connectivity index (χ2n) is 5.05. The highest BCUT2D eigenvalue weighted by molar-refractivity contribution is 8.01. The zero-order valence-corrected chi connectivity index (χ0v) is 13.0. The Morgan fingerprint density at radius 2 is 2.40 bits per heavy atom. The van der Waals surface area contributed by atoms with Crippen LogP contribution in [-0.4, -0.2) is 24.5 Å². The van der Waals surface area contributed by atoms with Gasteiger partial charge in [0.2, 0.25) is 0 Å². The average Bonchev–Trinajstić information content (AvgIpc) is 2.50. The van der Waals surface area contributed by atoms with E-state index in [1.54, 1.807) is 11.8 Å². The van der Waals surface area contributed by atoms with Crippen LogP contribution in [0.2, 0.25) is 0 Å². The third-order valence-corrected chi connectivity index (χ3v) is 4.03. The molecule has 0 aliphatic carbocycles. The Labute approximate surface area is 126 Å². The number of unbranched alkanes of at least 4 members (excludes halogenated alkanes) is 1. The van der Waals surface area contributed by atoms with Crippen LogP contribution in [-0.2, 0) is 12.8 Å². The van der Waals surface area contributed by atoms with Crippen LogP contribution in [0.25, 0.3) is 0 Å². The van der Waals surface area contributed by atoms with Crippen molar-refractivity contribution in [2.45, 2.75) is 38.5 Å². The Bertz CT molecular complexity index is 483. The van der Waals surface area contributed by atoms with E-state index in [1.807, 2.05) is 0 Å². The van der Waals surface area contributed by atoms with Gasteiger partial charge in [-0.2, -0.15) is 0 Å². The van der Waals surface area contributed by atoms with Crippen LogP contribution in [0.4, 0.5) is 5.82 Å². The molecule has 0 saturated carbocycles. The summed E-state index contributed by atoms with van der Waals surface area (Å²) < 4.78 is 0. The van der Waals surface area contributed by atoms with Crippen molar-refractivity contribution >= 4 is 24.3 Å². The van der Waals surface area contributed by atoms with Gasteiger partial charge in [0.05, 0.1) is 0 Å². The summed E-state index contributed by atoms with van der Waals surface area (Å²) >= 11 is 1.69. The molecular formula is C16H23N3S. The van der Waals surface area contributed by atoms with Crippen LogP contribution in [0.3, 0.4) is 0 Å². The number of aromatic nitrogens is 1. The standard InChI is InChI=1S/C16H23N3S/c1-17-15(12-20-2)8-4-3-7-14-10-9-13-6-5-11-18-16(13)19-14/h9-10,12H,1,3-8,11H2,2H3,(H,18,19)/b15-12-. The van der Waals surface area contributed by atoms with Crippen LogP contribution >= 0.6 is 11.8 Å². The number of nitrogens with one attached hydrogen (secondary N) is 1. The van der Waals surface area contributed by atoms with Gasteiger partial charge in [0.15, 0.2) is 0 Å². The van der Waals surface area contributed by atoms with Crippen molar-refractivity contribution in [1.29, 1.82) is 0 Å². The molecular weight excluding hydrogens is 266 g/mol. The molecule has 0 fully saturated rings. The molecule has 1 aliphatic heterocycles. The van der Waals surface area contributed by atoms with Crippen molar-refractivity contribution in [3.8, 4) is 0 Å². The maximum atomic E-state index is 4.72. The van der Waals surface area contributed by atoms with Gasteiger partial charge in [-0.15, -0.1) is 11.8 Å². The van der Waals surface area contributed by atoms with E-state index in [9.17, 15) is 0 Å². The largest absolute Gasteiger partial charge is 0.370 e. The molecule has 0 atom stereocenters. The quantitative estimate of drug-likeness (QED) is 0.607. The van der Waals surface area contributed by atoms with E-state index in [-0.39, 0.29) is 0 Å². The van der Waals surface area contributed by atoms with E-state index < -0.39 is 0 Å². The molecule has 0 bridgehead atoms. The Morgan fingerprint density at radius 1 is 1.50 bits per heavy atom. The summed E-state index contributed by atoms with van der Waals surface area (Å²) in [4.78, 5) is 8.77. The topological polar surface area (TPSA) is 37.3 Å². The fourth-order valence-corrected chi connectivity index (χ4v) is 2.90. The maximum Gasteiger partial charge on any atom is 0.129 e. The van der Waals surface area contributed by atoms with Gasteiger partial charge in [-0.3, -0.25) is 4.99 Å². The lowest BCUT2D eigenvalue weighted by molar-refractivity contribution is 0.713. The Hall–Kier alpha value is -1.29. The van der Waals surface area contributed by atoms with Crippen molar-refractivity contribution < 1.29 is 0 Å². The number of rotatable bonds is 7. The summed E-state index contributed by atoms with van der Waals surface area (Å²) in [5, 5.41) is 5.47. The number of aryl methyl sites for hydroxylation is 2. The summed E-state index contributed by atoms with van der Waals surface area (Å²) in [5.74, 6) is 1.10. The normalized spacial score (nSPS) is 14.6. The average molecular weight is 289 g/mol. The number of nitrogens with zero attached hydrogens (tertiary/aromatic N) is 2. The van der Waals surface area contributed by atoms with Crippen molar-refractivity contribution in [1.82, 2.24) is 4.98 Å². The molecule has 0 unspecified atom stereocenters. The van der Waals surface area contributed by atoms with Crippen LogP contribution in [0.5, 0.6) is 0 Å². The summed E-state index contributed by atoms with van der Waals surface area (Å²) in [6, 6.07) is 4.41. The molecule has 0 amide bonds. The highest BCUT2D eigenvalue weighted by Crippen LogP contribution is 2.21. The first kappa shape index (κ1) is 15.1. The zero-order chi connectivity index (χ0) is 14.2. The van der Waals surface area contributed by atoms with Gasteiger partial charge in [-0.1, -0.05) is 6.07 Å². The summed E-state index contributed by atoms with van der Waals surface area (Å²) in [6.45, 7) is 4.67. The Balaban J connectivity index is 1.79. The van der Waals surface area contributed by atoms with Crippen LogP contribution in [0, 0.1) is 0 Å². The van der Waals surface area contributed by atoms with E-state index in [0.29, 0.717) is 0 Å². The lowest BCUT2D eigenvalue weighted by atomic mass is 10.1. The first-order valence-corrected chi connectivity index (χ1v) is 8.53. The molecule has 0 saturated heterocycles. The molecule has 3 nitrogen and oxygen atoms in total. The number of aliphatic imine (C=N–C) groups is 1. The van der Waals surface area contributed by atoms with E-state index in [2.05, 4.69) is 40.8 Å². The van der Waals surface area contributed by atoms with Gasteiger partial charge in [0, 0.05) is 17.9 Å². The van der Waals surface area contributed by atoms with E-state index >= 15 is 0 Å². The second-order valence-corrected chi connectivity index (χ2v) is 5.76. The van der Waals surface area contributed by atoms with Crippen molar-refractivity contribution in [3.63, 3.8) is 0 Å². The SMILES string of the molecule is C=N/C(=C\SC)CCCCc1ccc2c(n1)NCCC2. The summed E-state index contributed by atoms with van der Waals surface area (Å²) in [6.07, 6.45) is 8.75. The number of hydrogen-bond donors (Lipinski definition) is 1. The third kappa shape index (κ3) is 4.37. The monoisotopic (exact) mass is 289 g/mol. The van der Waals surface area contributed by atoms with Gasteiger partial charge in [-0.25, -0.2) is 4.98 Å². The van der Waals surface area contributed by atoms with Gasteiger partial charge in [0.25, 0.3) is 0 Å². The predicted molar refractivity (Wildman–Crippen MR) is 89.7 cm³/mol. The third-order valence-electron chi connectivity index (χ3n) is 3.52. The molecule has 0 aromatic carbocycles. The highest BCUT2D eigenvalue weighted by atomic mass is 32.2. The van der Waals surface area contributed by atoms with Crippen LogP contribution < -0.4 is 5.32 Å². The molecule has 1 aromatic rings. The molecule has 1 aliphatic rings. The van der Waals surface area contributed by atoms with Crippen LogP contribution in [0.1, 0.15) is 36.9 Å². The van der Waals surface area contributed by atoms with Gasteiger partial charge in [-0.05, 0) is 68.5 Å². The first-order chi connectivity index (χ1) is 9.83. The van der Waals surface area contributed by atoms with Gasteiger partial charge >= 0.3 is 0 Å².